The number of fused-ring (bicyclic) bond motifs is 3. The molecule has 0 spiro atoms. The van der Waals surface area contributed by atoms with E-state index in [9.17, 15) is 0 Å². The number of hydrogen-bond donors (Lipinski definition) is 1. The summed E-state index contributed by atoms with van der Waals surface area (Å²) in [5.41, 5.74) is 8.24. The molecule has 4 rings (SSSR count). The van der Waals surface area contributed by atoms with Crippen LogP contribution >= 0.6 is 11.6 Å². The average Bonchev–Trinajstić information content (AvgIpc) is 2.73. The van der Waals surface area contributed by atoms with Gasteiger partial charge in [-0.3, -0.25) is 0 Å². The molecule has 0 saturated carbocycles. The van der Waals surface area contributed by atoms with Gasteiger partial charge in [0.1, 0.15) is 0 Å². The van der Waals surface area contributed by atoms with Crippen molar-refractivity contribution in [1.29, 1.82) is 0 Å². The molecule has 2 aromatic rings. The zero-order valence-corrected chi connectivity index (χ0v) is 13.1. The molecule has 0 aliphatic carbocycles. The first-order chi connectivity index (χ1) is 10.1. The lowest BCUT2D eigenvalue weighted by Crippen LogP contribution is -2.50. The molecule has 2 unspecified atom stereocenters. The fourth-order valence-electron chi connectivity index (χ4n) is 4.27. The number of nitrogens with zero attached hydrogens (tertiary/aromatic N) is 3. The third-order valence-corrected chi connectivity index (χ3v) is 5.59. The van der Waals surface area contributed by atoms with Crippen molar-refractivity contribution in [3.05, 3.63) is 23.2 Å². The van der Waals surface area contributed by atoms with E-state index in [0.717, 1.165) is 11.0 Å². The Morgan fingerprint density at radius 3 is 2.62 bits per heavy atom. The number of hydrogen-bond acceptors (Lipinski definition) is 3. The summed E-state index contributed by atoms with van der Waals surface area (Å²) in [7, 11) is 2.28. The molecule has 2 N–H and O–H groups in total. The first-order valence-electron chi connectivity index (χ1n) is 7.78. The van der Waals surface area contributed by atoms with Gasteiger partial charge in [0.2, 0.25) is 5.95 Å². The molecule has 4 nitrogen and oxygen atoms in total. The predicted octanol–water partition coefficient (Wildman–Crippen LogP) is 3.46. The summed E-state index contributed by atoms with van der Waals surface area (Å²) in [6.45, 7) is 0. The summed E-state index contributed by atoms with van der Waals surface area (Å²) < 4.78 is 2.24. The Morgan fingerprint density at radius 2 is 1.90 bits per heavy atom. The van der Waals surface area contributed by atoms with Crippen molar-refractivity contribution in [2.45, 2.75) is 50.2 Å². The summed E-state index contributed by atoms with van der Waals surface area (Å²) in [6, 6.07) is 7.72. The van der Waals surface area contributed by atoms with E-state index in [0.29, 0.717) is 29.1 Å². The SMILES string of the molecule is CN1C2CCCC1CC(n1c(N)nc3cc(Cl)ccc31)C2. The van der Waals surface area contributed by atoms with E-state index in [1.807, 2.05) is 12.1 Å². The maximum atomic E-state index is 6.21. The van der Waals surface area contributed by atoms with Gasteiger partial charge in [-0.05, 0) is 50.9 Å². The highest BCUT2D eigenvalue weighted by molar-refractivity contribution is 6.31. The van der Waals surface area contributed by atoms with Gasteiger partial charge >= 0.3 is 0 Å². The molecule has 3 heterocycles. The topological polar surface area (TPSA) is 47.1 Å². The van der Waals surface area contributed by atoms with Crippen molar-refractivity contribution in [3.8, 4) is 0 Å². The van der Waals surface area contributed by atoms with Crippen LogP contribution in [-0.4, -0.2) is 33.6 Å². The summed E-state index contributed by atoms with van der Waals surface area (Å²) >= 11 is 6.07. The van der Waals surface area contributed by atoms with Crippen LogP contribution in [0, 0.1) is 0 Å². The lowest BCUT2D eigenvalue weighted by Gasteiger charge is -2.47. The molecule has 0 amide bonds. The third kappa shape index (κ3) is 2.12. The monoisotopic (exact) mass is 304 g/mol. The quantitative estimate of drug-likeness (QED) is 0.877. The van der Waals surface area contributed by atoms with Crippen molar-refractivity contribution in [3.63, 3.8) is 0 Å². The van der Waals surface area contributed by atoms with Crippen LogP contribution in [0.5, 0.6) is 0 Å². The highest BCUT2D eigenvalue weighted by Gasteiger charge is 2.37. The van der Waals surface area contributed by atoms with Crippen molar-refractivity contribution in [2.75, 3.05) is 12.8 Å². The second-order valence-corrected chi connectivity index (χ2v) is 6.94. The molecule has 1 aromatic carbocycles. The van der Waals surface area contributed by atoms with Crippen LogP contribution in [0.2, 0.25) is 5.02 Å². The highest BCUT2D eigenvalue weighted by Crippen LogP contribution is 2.40. The fourth-order valence-corrected chi connectivity index (χ4v) is 4.44. The lowest BCUT2D eigenvalue weighted by atomic mass is 9.82. The van der Waals surface area contributed by atoms with E-state index >= 15 is 0 Å². The molecule has 5 heteroatoms. The third-order valence-electron chi connectivity index (χ3n) is 5.36. The number of halogens is 1. The van der Waals surface area contributed by atoms with Gasteiger partial charge in [-0.2, -0.15) is 0 Å². The van der Waals surface area contributed by atoms with Crippen molar-refractivity contribution < 1.29 is 0 Å². The smallest absolute Gasteiger partial charge is 0.201 e. The van der Waals surface area contributed by atoms with Crippen molar-refractivity contribution in [2.24, 2.45) is 0 Å². The van der Waals surface area contributed by atoms with Gasteiger partial charge in [0.15, 0.2) is 0 Å². The van der Waals surface area contributed by atoms with Crippen molar-refractivity contribution in [1.82, 2.24) is 14.5 Å². The number of anilines is 1. The minimum Gasteiger partial charge on any atom is -0.369 e. The lowest BCUT2D eigenvalue weighted by molar-refractivity contribution is 0.0415. The standard InChI is InChI=1S/C16H21ClN4/c1-20-11-3-2-4-12(20)9-13(8-11)21-15-6-5-10(17)7-14(15)19-16(21)18/h5-7,11-13H,2-4,8-9H2,1H3,(H2,18,19). The van der Waals surface area contributed by atoms with Crippen LogP contribution in [0.15, 0.2) is 18.2 Å². The van der Waals surface area contributed by atoms with Crippen LogP contribution in [0.1, 0.15) is 38.1 Å². The second-order valence-electron chi connectivity index (χ2n) is 6.50. The van der Waals surface area contributed by atoms with Gasteiger partial charge in [-0.1, -0.05) is 18.0 Å². The number of rotatable bonds is 1. The molecule has 2 bridgehead atoms. The first-order valence-corrected chi connectivity index (χ1v) is 8.16. The Morgan fingerprint density at radius 1 is 1.19 bits per heavy atom. The zero-order chi connectivity index (χ0) is 14.6. The van der Waals surface area contributed by atoms with E-state index in [1.54, 1.807) is 0 Å². The van der Waals surface area contributed by atoms with Gasteiger partial charge in [0.25, 0.3) is 0 Å². The Hall–Kier alpha value is -1.26. The van der Waals surface area contributed by atoms with E-state index in [-0.39, 0.29) is 0 Å². The van der Waals surface area contributed by atoms with E-state index < -0.39 is 0 Å². The summed E-state index contributed by atoms with van der Waals surface area (Å²) in [5, 5.41) is 0.715. The molecular formula is C16H21ClN4. The predicted molar refractivity (Wildman–Crippen MR) is 86.6 cm³/mol. The summed E-state index contributed by atoms with van der Waals surface area (Å²) in [6.07, 6.45) is 6.32. The number of piperidine rings is 2. The van der Waals surface area contributed by atoms with Gasteiger partial charge in [-0.25, -0.2) is 4.98 Å². The number of imidazole rings is 1. The van der Waals surface area contributed by atoms with Crippen LogP contribution in [0.25, 0.3) is 11.0 Å². The highest BCUT2D eigenvalue weighted by atomic mass is 35.5. The largest absolute Gasteiger partial charge is 0.369 e. The molecule has 112 valence electrons. The molecule has 2 saturated heterocycles. The Kier molecular flexibility index (Phi) is 3.12. The molecular weight excluding hydrogens is 284 g/mol. The molecule has 2 aliphatic heterocycles. The van der Waals surface area contributed by atoms with Crippen LogP contribution in [0.3, 0.4) is 0 Å². The fraction of sp³-hybridized carbons (Fsp3) is 0.562. The summed E-state index contributed by atoms with van der Waals surface area (Å²) in [4.78, 5) is 7.08. The Bertz CT molecular complexity index is 666. The number of benzene rings is 1. The molecule has 2 atom stereocenters. The van der Waals surface area contributed by atoms with Gasteiger partial charge < -0.3 is 15.2 Å². The maximum absolute atomic E-state index is 6.21. The van der Waals surface area contributed by atoms with Gasteiger partial charge in [-0.15, -0.1) is 0 Å². The second kappa shape index (κ2) is 4.89. The maximum Gasteiger partial charge on any atom is 0.201 e. The number of nitrogens with two attached hydrogens (primary N) is 1. The Balaban J connectivity index is 1.75. The first kappa shape index (κ1) is 13.4. The van der Waals surface area contributed by atoms with Gasteiger partial charge in [0.05, 0.1) is 11.0 Å². The van der Waals surface area contributed by atoms with E-state index in [4.69, 9.17) is 17.3 Å². The summed E-state index contributed by atoms with van der Waals surface area (Å²) in [5.74, 6) is 0.625. The van der Waals surface area contributed by atoms with Crippen LogP contribution < -0.4 is 5.73 Å². The van der Waals surface area contributed by atoms with E-state index in [2.05, 4.69) is 27.6 Å². The zero-order valence-electron chi connectivity index (χ0n) is 12.3. The molecule has 21 heavy (non-hydrogen) atoms. The van der Waals surface area contributed by atoms with Crippen LogP contribution in [0.4, 0.5) is 5.95 Å². The Labute approximate surface area is 129 Å². The van der Waals surface area contributed by atoms with Crippen molar-refractivity contribution >= 4 is 28.6 Å². The van der Waals surface area contributed by atoms with E-state index in [1.165, 1.54) is 32.1 Å². The normalized spacial score (nSPS) is 29.9. The molecule has 2 aliphatic rings. The minimum absolute atomic E-state index is 0.461. The minimum atomic E-state index is 0.461. The molecule has 2 fully saturated rings. The number of nitrogen functional groups attached to an aromatic ring is 1. The number of aromatic nitrogens is 2. The van der Waals surface area contributed by atoms with Gasteiger partial charge in [0, 0.05) is 23.1 Å². The van der Waals surface area contributed by atoms with Crippen LogP contribution in [-0.2, 0) is 0 Å². The average molecular weight is 305 g/mol. The molecule has 1 aromatic heterocycles. The molecule has 0 radical (unpaired) electrons.